The Morgan fingerprint density at radius 3 is 2.50 bits per heavy atom. The first kappa shape index (κ1) is 42.2. The minimum Gasteiger partial charge on any atom is -0.480 e. The van der Waals surface area contributed by atoms with Crippen LogP contribution in [0.5, 0.6) is 5.75 Å². The van der Waals surface area contributed by atoms with Crippen molar-refractivity contribution in [1.29, 1.82) is 0 Å². The van der Waals surface area contributed by atoms with Crippen LogP contribution < -0.4 is 31.1 Å². The number of anilines is 4. The zero-order valence-electron chi connectivity index (χ0n) is 36.3. The van der Waals surface area contributed by atoms with E-state index in [9.17, 15) is 14.4 Å². The third-order valence-corrected chi connectivity index (χ3v) is 14.3. The molecule has 1 aliphatic carbocycles. The number of aromatic nitrogens is 5. The summed E-state index contributed by atoms with van der Waals surface area (Å²) in [5, 5.41) is 14.1. The van der Waals surface area contributed by atoms with Crippen LogP contribution in [0.25, 0.3) is 21.8 Å². The van der Waals surface area contributed by atoms with Gasteiger partial charge in [-0.05, 0) is 106 Å². The highest BCUT2D eigenvalue weighted by molar-refractivity contribution is 6.02. The van der Waals surface area contributed by atoms with E-state index >= 15 is 17.6 Å². The van der Waals surface area contributed by atoms with Crippen LogP contribution in [-0.4, -0.2) is 92.3 Å². The molecule has 4 fully saturated rings. The third kappa shape index (κ3) is 7.50. The van der Waals surface area contributed by atoms with E-state index in [0.29, 0.717) is 79.0 Å². The maximum atomic E-state index is 16.2. The van der Waals surface area contributed by atoms with Crippen LogP contribution in [0.3, 0.4) is 0 Å². The summed E-state index contributed by atoms with van der Waals surface area (Å²) in [7, 11) is 3.20. The molecule has 3 saturated heterocycles. The number of imide groups is 1. The summed E-state index contributed by atoms with van der Waals surface area (Å²) >= 11 is 0. The lowest BCUT2D eigenvalue weighted by Crippen LogP contribution is -2.45. The standard InChI is InChI=1S/C46H52F4N10O4/c1-23-19-51-45(55-42(23)52-28-7-9-33-30(17-28)38-40(44(63)57(33)3)64-22-46(49,50)41(54-38)26-5-6-26)60-16-13-27(24(2)20-60)21-59-14-11-25(12-15-59)35-32(47)18-31-37(56-58(4)39(31)36(35)48)29-8-10-34(61)53-43(29)62/h7,9,17-19,24-27,29,41,54H,5-6,8,10-16,20-22H2,1-4H3,(H,51,52,55)(H,53,61,62)/t24-,27-,29?,41+/m1/s1. The van der Waals surface area contributed by atoms with E-state index in [2.05, 4.69) is 37.8 Å². The molecule has 0 radical (unpaired) electrons. The van der Waals surface area contributed by atoms with Crippen molar-refractivity contribution in [2.75, 3.05) is 54.9 Å². The van der Waals surface area contributed by atoms with Gasteiger partial charge in [0, 0.05) is 73.9 Å². The molecule has 3 aromatic heterocycles. The zero-order valence-corrected chi connectivity index (χ0v) is 36.3. The number of halogens is 4. The molecule has 3 N–H and O–H groups in total. The first-order valence-corrected chi connectivity index (χ1v) is 22.3. The molecule has 14 nitrogen and oxygen atoms in total. The number of rotatable bonds is 8. The van der Waals surface area contributed by atoms with Crippen molar-refractivity contribution in [2.24, 2.45) is 31.8 Å². The smallest absolute Gasteiger partial charge is 0.301 e. The Balaban J connectivity index is 0.791. The predicted molar refractivity (Wildman–Crippen MR) is 233 cm³/mol. The summed E-state index contributed by atoms with van der Waals surface area (Å²) in [5.41, 5.74) is 2.40. The van der Waals surface area contributed by atoms with E-state index in [1.807, 2.05) is 19.1 Å². The minimum atomic E-state index is -3.14. The molecule has 5 aliphatic rings. The summed E-state index contributed by atoms with van der Waals surface area (Å²) in [4.78, 5) is 51.9. The molecule has 0 bridgehead atoms. The fraction of sp³-hybridized carbons (Fsp3) is 0.522. The number of carbonyl (C=O) groups is 2. The molecule has 10 rings (SSSR count). The summed E-state index contributed by atoms with van der Waals surface area (Å²) in [6.45, 7) is 7.09. The molecule has 0 spiro atoms. The summed E-state index contributed by atoms with van der Waals surface area (Å²) in [5.74, 6) is -4.69. The van der Waals surface area contributed by atoms with Gasteiger partial charge >= 0.3 is 5.92 Å². The Morgan fingerprint density at radius 2 is 1.77 bits per heavy atom. The van der Waals surface area contributed by atoms with Gasteiger partial charge in [-0.15, -0.1) is 0 Å². The number of piperidine rings is 3. The molecule has 2 amide bonds. The first-order chi connectivity index (χ1) is 30.6. The van der Waals surface area contributed by atoms with Crippen LogP contribution in [0, 0.1) is 36.3 Å². The lowest BCUT2D eigenvalue weighted by Gasteiger charge is -2.41. The van der Waals surface area contributed by atoms with E-state index in [1.165, 1.54) is 15.3 Å². The summed E-state index contributed by atoms with van der Waals surface area (Å²) in [6, 6.07) is 5.65. The van der Waals surface area contributed by atoms with Crippen LogP contribution in [0.1, 0.15) is 80.5 Å². The molecule has 1 saturated carbocycles. The number of aryl methyl sites for hydroxylation is 3. The van der Waals surface area contributed by atoms with Crippen LogP contribution in [-0.2, 0) is 23.7 Å². The average molecular weight is 885 g/mol. The van der Waals surface area contributed by atoms with Gasteiger partial charge in [-0.1, -0.05) is 6.92 Å². The molecule has 338 valence electrons. The predicted octanol–water partition coefficient (Wildman–Crippen LogP) is 6.63. The van der Waals surface area contributed by atoms with Crippen molar-refractivity contribution in [2.45, 2.75) is 82.6 Å². The minimum absolute atomic E-state index is 0.0708. The highest BCUT2D eigenvalue weighted by atomic mass is 19.3. The molecule has 1 unspecified atom stereocenters. The van der Waals surface area contributed by atoms with Crippen molar-refractivity contribution in [3.8, 4) is 5.75 Å². The Bertz CT molecular complexity index is 2760. The second-order valence-corrected chi connectivity index (χ2v) is 18.7. The number of alkyl halides is 2. The van der Waals surface area contributed by atoms with E-state index in [0.717, 1.165) is 31.6 Å². The highest BCUT2D eigenvalue weighted by Gasteiger charge is 2.51. The van der Waals surface area contributed by atoms with Crippen LogP contribution in [0.2, 0.25) is 0 Å². The zero-order chi connectivity index (χ0) is 44.8. The number of pyridine rings is 1. The molecule has 18 heteroatoms. The lowest BCUT2D eigenvalue weighted by atomic mass is 9.84. The second kappa shape index (κ2) is 16.0. The largest absolute Gasteiger partial charge is 0.480 e. The number of likely N-dealkylation sites (tertiary alicyclic amines) is 1. The van der Waals surface area contributed by atoms with Crippen LogP contribution in [0.15, 0.2) is 35.3 Å². The van der Waals surface area contributed by atoms with Gasteiger partial charge in [0.15, 0.2) is 12.4 Å². The molecule has 5 aromatic rings. The number of amides is 2. The Hall–Kier alpha value is -5.78. The molecule has 4 aliphatic heterocycles. The van der Waals surface area contributed by atoms with E-state index in [4.69, 9.17) is 14.7 Å². The summed E-state index contributed by atoms with van der Waals surface area (Å²) in [6.07, 6.45) is 5.69. The van der Waals surface area contributed by atoms with Gasteiger partial charge in [-0.2, -0.15) is 10.1 Å². The van der Waals surface area contributed by atoms with Crippen molar-refractivity contribution in [3.05, 3.63) is 69.3 Å². The van der Waals surface area contributed by atoms with Crippen molar-refractivity contribution >= 4 is 56.8 Å². The van der Waals surface area contributed by atoms with Crippen LogP contribution in [0.4, 0.5) is 40.7 Å². The molecule has 64 heavy (non-hydrogen) atoms. The number of benzene rings is 2. The second-order valence-electron chi connectivity index (χ2n) is 18.7. The average Bonchev–Trinajstić information content (AvgIpc) is 4.06. The van der Waals surface area contributed by atoms with Gasteiger partial charge in [0.05, 0.1) is 28.9 Å². The Kier molecular flexibility index (Phi) is 10.6. The number of hydrogen-bond donors (Lipinski definition) is 3. The van der Waals surface area contributed by atoms with E-state index in [-0.39, 0.29) is 64.2 Å². The topological polar surface area (TPSA) is 152 Å². The number of nitrogens with zero attached hydrogens (tertiary/aromatic N) is 7. The first-order valence-electron chi connectivity index (χ1n) is 22.3. The SMILES string of the molecule is Cc1cnc(N2CC[C@H](CN3CCC(c4c(F)cc5c(C6CCC(=O)NC6=O)nn(C)c5c4F)CC3)[C@H](C)C2)nc1Nc1ccc2c(c1)c1c(c(=O)n2C)OCC(F)(F)[C@H](C2CC2)N1. The Labute approximate surface area is 366 Å². The Morgan fingerprint density at radius 1 is 0.984 bits per heavy atom. The molecule has 4 atom stereocenters. The van der Waals surface area contributed by atoms with Gasteiger partial charge in [0.2, 0.25) is 23.5 Å². The normalized spacial score (nSPS) is 24.3. The van der Waals surface area contributed by atoms with Crippen molar-refractivity contribution in [1.82, 2.24) is 34.5 Å². The van der Waals surface area contributed by atoms with E-state index in [1.54, 1.807) is 26.4 Å². The van der Waals surface area contributed by atoms with E-state index < -0.39 is 47.6 Å². The van der Waals surface area contributed by atoms with Crippen molar-refractivity contribution in [3.63, 3.8) is 0 Å². The van der Waals surface area contributed by atoms with Gasteiger partial charge in [-0.25, -0.2) is 22.5 Å². The van der Waals surface area contributed by atoms with Gasteiger partial charge in [-0.3, -0.25) is 24.4 Å². The fourth-order valence-electron chi connectivity index (χ4n) is 10.5. The quantitative estimate of drug-likeness (QED) is 0.114. The number of nitrogens with one attached hydrogen (secondary N) is 3. The number of fused-ring (bicyclic) bond motifs is 4. The molecular weight excluding hydrogens is 833 g/mol. The number of hydrogen-bond acceptors (Lipinski definition) is 11. The maximum Gasteiger partial charge on any atom is 0.301 e. The third-order valence-electron chi connectivity index (χ3n) is 14.3. The van der Waals surface area contributed by atoms with Gasteiger partial charge < -0.3 is 29.7 Å². The molecule has 2 aromatic carbocycles. The fourth-order valence-corrected chi connectivity index (χ4v) is 10.5. The monoisotopic (exact) mass is 884 g/mol. The maximum absolute atomic E-state index is 16.2. The highest BCUT2D eigenvalue weighted by Crippen LogP contribution is 2.46. The number of carbonyl (C=O) groups excluding carboxylic acids is 2. The summed E-state index contributed by atoms with van der Waals surface area (Å²) < 4.78 is 70.8. The lowest BCUT2D eigenvalue weighted by molar-refractivity contribution is -0.134. The molecular formula is C46H52F4N10O4. The van der Waals surface area contributed by atoms with Gasteiger partial charge in [0.1, 0.15) is 17.2 Å². The van der Waals surface area contributed by atoms with Crippen molar-refractivity contribution < 1.29 is 31.9 Å². The van der Waals surface area contributed by atoms with Crippen LogP contribution >= 0.6 is 0 Å². The molecule has 7 heterocycles. The number of ether oxygens (including phenoxy) is 1. The van der Waals surface area contributed by atoms with Gasteiger partial charge in [0.25, 0.3) is 5.56 Å².